The van der Waals surface area contributed by atoms with Gasteiger partial charge < -0.3 is 9.80 Å². The minimum absolute atomic E-state index is 0.122. The number of carbonyl (C=O) groups is 1. The average molecular weight is 387 g/mol. The van der Waals surface area contributed by atoms with Crippen LogP contribution in [0.4, 0.5) is 5.82 Å². The molecule has 0 saturated carbocycles. The maximum atomic E-state index is 12.6. The number of piperazine rings is 1. The number of rotatable bonds is 4. The molecule has 3 rings (SSSR count). The van der Waals surface area contributed by atoms with Gasteiger partial charge in [0.1, 0.15) is 5.82 Å². The van der Waals surface area contributed by atoms with E-state index in [1.807, 2.05) is 31.7 Å². The molecule has 144 valence electrons. The second-order valence-corrected chi connectivity index (χ2v) is 8.12. The zero-order valence-electron chi connectivity index (χ0n) is 16.5. The Morgan fingerprint density at radius 2 is 1.70 bits per heavy atom. The monoisotopic (exact) mass is 386 g/mol. The van der Waals surface area contributed by atoms with Crippen LogP contribution in [0.15, 0.2) is 30.3 Å². The molecule has 1 aromatic carbocycles. The third kappa shape index (κ3) is 4.41. The Hall–Kier alpha value is -2.14. The van der Waals surface area contributed by atoms with Gasteiger partial charge in [0.25, 0.3) is 0 Å². The SMILES string of the molecule is Cc1ccc(-c2nc(C)cc(N3CCN(C(=O)C(C)(C)CCl)CC3)n2)cc1. The number of carbonyl (C=O) groups excluding carboxylic acids is 1. The lowest BCUT2D eigenvalue weighted by Gasteiger charge is -2.38. The van der Waals surface area contributed by atoms with Crippen LogP contribution in [-0.4, -0.2) is 52.8 Å². The van der Waals surface area contributed by atoms with Crippen LogP contribution in [0.5, 0.6) is 0 Å². The Bertz CT molecular complexity index is 811. The van der Waals surface area contributed by atoms with E-state index in [0.29, 0.717) is 19.0 Å². The van der Waals surface area contributed by atoms with Gasteiger partial charge in [-0.2, -0.15) is 0 Å². The lowest BCUT2D eigenvalue weighted by molar-refractivity contribution is -0.139. The van der Waals surface area contributed by atoms with Gasteiger partial charge in [0.15, 0.2) is 5.82 Å². The Morgan fingerprint density at radius 1 is 1.07 bits per heavy atom. The molecule has 2 aromatic rings. The van der Waals surface area contributed by atoms with Gasteiger partial charge in [-0.1, -0.05) is 29.8 Å². The molecule has 2 heterocycles. The molecule has 1 saturated heterocycles. The molecule has 0 spiro atoms. The molecule has 1 amide bonds. The number of nitrogens with zero attached hydrogens (tertiary/aromatic N) is 4. The summed E-state index contributed by atoms with van der Waals surface area (Å²) in [6, 6.07) is 10.3. The van der Waals surface area contributed by atoms with Crippen molar-refractivity contribution >= 4 is 23.3 Å². The van der Waals surface area contributed by atoms with Gasteiger partial charge in [-0.05, 0) is 27.7 Å². The molecule has 5 nitrogen and oxygen atoms in total. The molecule has 0 unspecified atom stereocenters. The van der Waals surface area contributed by atoms with E-state index in [2.05, 4.69) is 41.1 Å². The first kappa shape index (κ1) is 19.6. The van der Waals surface area contributed by atoms with Crippen molar-refractivity contribution in [1.82, 2.24) is 14.9 Å². The summed E-state index contributed by atoms with van der Waals surface area (Å²) in [6.45, 7) is 10.7. The van der Waals surface area contributed by atoms with E-state index in [1.165, 1.54) is 5.56 Å². The topological polar surface area (TPSA) is 49.3 Å². The van der Waals surface area contributed by atoms with Crippen LogP contribution in [0.1, 0.15) is 25.1 Å². The van der Waals surface area contributed by atoms with Gasteiger partial charge in [0, 0.05) is 49.4 Å². The summed E-state index contributed by atoms with van der Waals surface area (Å²) >= 11 is 5.96. The first-order valence-electron chi connectivity index (χ1n) is 9.33. The van der Waals surface area contributed by atoms with E-state index in [1.54, 1.807) is 0 Å². The van der Waals surface area contributed by atoms with Crippen molar-refractivity contribution in [3.63, 3.8) is 0 Å². The fraction of sp³-hybridized carbons (Fsp3) is 0.476. The Kier molecular flexibility index (Phi) is 5.70. The zero-order chi connectivity index (χ0) is 19.6. The largest absolute Gasteiger partial charge is 0.353 e. The van der Waals surface area contributed by atoms with Crippen molar-refractivity contribution in [3.8, 4) is 11.4 Å². The van der Waals surface area contributed by atoms with E-state index >= 15 is 0 Å². The summed E-state index contributed by atoms with van der Waals surface area (Å²) in [5.41, 5.74) is 2.65. The second kappa shape index (κ2) is 7.85. The molecule has 1 aromatic heterocycles. The second-order valence-electron chi connectivity index (χ2n) is 7.85. The number of alkyl halides is 1. The number of aryl methyl sites for hydroxylation is 2. The first-order chi connectivity index (χ1) is 12.8. The number of aromatic nitrogens is 2. The molecule has 1 fully saturated rings. The lowest BCUT2D eigenvalue weighted by Crippen LogP contribution is -2.52. The molecule has 1 aliphatic heterocycles. The summed E-state index contributed by atoms with van der Waals surface area (Å²) in [7, 11) is 0. The molecular weight excluding hydrogens is 360 g/mol. The number of hydrogen-bond acceptors (Lipinski definition) is 4. The molecule has 0 aliphatic carbocycles. The highest BCUT2D eigenvalue weighted by molar-refractivity contribution is 6.19. The molecule has 1 aliphatic rings. The highest BCUT2D eigenvalue weighted by Crippen LogP contribution is 2.24. The lowest BCUT2D eigenvalue weighted by atomic mass is 9.94. The molecule has 0 radical (unpaired) electrons. The minimum atomic E-state index is -0.520. The normalized spacial score (nSPS) is 15.1. The summed E-state index contributed by atoms with van der Waals surface area (Å²) in [4.78, 5) is 26.1. The number of halogens is 1. The van der Waals surface area contributed by atoms with Crippen LogP contribution in [0, 0.1) is 19.3 Å². The molecule has 27 heavy (non-hydrogen) atoms. The fourth-order valence-corrected chi connectivity index (χ4v) is 3.28. The Morgan fingerprint density at radius 3 is 2.30 bits per heavy atom. The van der Waals surface area contributed by atoms with Crippen LogP contribution in [0.3, 0.4) is 0 Å². The van der Waals surface area contributed by atoms with Crippen LogP contribution in [-0.2, 0) is 4.79 Å². The number of anilines is 1. The average Bonchev–Trinajstić information content (AvgIpc) is 2.67. The van der Waals surface area contributed by atoms with Crippen molar-refractivity contribution in [3.05, 3.63) is 41.6 Å². The summed E-state index contributed by atoms with van der Waals surface area (Å²) in [5.74, 6) is 2.11. The van der Waals surface area contributed by atoms with Crippen molar-refractivity contribution < 1.29 is 4.79 Å². The maximum absolute atomic E-state index is 12.6. The van der Waals surface area contributed by atoms with E-state index in [-0.39, 0.29) is 5.91 Å². The highest BCUT2D eigenvalue weighted by atomic mass is 35.5. The van der Waals surface area contributed by atoms with Crippen LogP contribution in [0.25, 0.3) is 11.4 Å². The number of hydrogen-bond donors (Lipinski definition) is 0. The van der Waals surface area contributed by atoms with Gasteiger partial charge in [-0.15, -0.1) is 11.6 Å². The molecule has 0 atom stereocenters. The Labute approximate surface area is 166 Å². The van der Waals surface area contributed by atoms with Crippen LogP contribution in [0.2, 0.25) is 0 Å². The van der Waals surface area contributed by atoms with Crippen LogP contribution >= 0.6 is 11.6 Å². The summed E-state index contributed by atoms with van der Waals surface area (Å²) in [6.07, 6.45) is 0. The van der Waals surface area contributed by atoms with Gasteiger partial charge in [-0.25, -0.2) is 9.97 Å². The molecule has 0 N–H and O–H groups in total. The predicted octanol–water partition coefficient (Wildman–Crippen LogP) is 3.67. The first-order valence-corrected chi connectivity index (χ1v) is 9.86. The quantitative estimate of drug-likeness (QED) is 0.752. The van der Waals surface area contributed by atoms with Crippen molar-refractivity contribution in [2.75, 3.05) is 37.0 Å². The van der Waals surface area contributed by atoms with Crippen LogP contribution < -0.4 is 4.90 Å². The minimum Gasteiger partial charge on any atom is -0.353 e. The molecular formula is C21H27ClN4O. The maximum Gasteiger partial charge on any atom is 0.229 e. The summed E-state index contributed by atoms with van der Waals surface area (Å²) in [5, 5.41) is 0. The van der Waals surface area contributed by atoms with Crippen molar-refractivity contribution in [2.45, 2.75) is 27.7 Å². The van der Waals surface area contributed by atoms with Gasteiger partial charge in [0.05, 0.1) is 5.41 Å². The third-order valence-electron chi connectivity index (χ3n) is 4.95. The van der Waals surface area contributed by atoms with Crippen molar-refractivity contribution in [1.29, 1.82) is 0 Å². The zero-order valence-corrected chi connectivity index (χ0v) is 17.3. The van der Waals surface area contributed by atoms with E-state index < -0.39 is 5.41 Å². The predicted molar refractivity (Wildman–Crippen MR) is 110 cm³/mol. The van der Waals surface area contributed by atoms with E-state index in [9.17, 15) is 4.79 Å². The number of amides is 1. The standard InChI is InChI=1S/C21H27ClN4O/c1-15-5-7-17(8-6-15)19-23-16(2)13-18(24-19)25-9-11-26(12-10-25)20(27)21(3,4)14-22/h5-8,13H,9-12,14H2,1-4H3. The summed E-state index contributed by atoms with van der Waals surface area (Å²) < 4.78 is 0. The Balaban J connectivity index is 1.75. The third-order valence-corrected chi connectivity index (χ3v) is 5.62. The fourth-order valence-electron chi connectivity index (χ4n) is 3.17. The van der Waals surface area contributed by atoms with E-state index in [4.69, 9.17) is 16.6 Å². The van der Waals surface area contributed by atoms with Gasteiger partial charge >= 0.3 is 0 Å². The highest BCUT2D eigenvalue weighted by Gasteiger charge is 2.33. The number of benzene rings is 1. The van der Waals surface area contributed by atoms with Gasteiger partial charge in [0.2, 0.25) is 5.91 Å². The molecule has 0 bridgehead atoms. The van der Waals surface area contributed by atoms with E-state index in [0.717, 1.165) is 36.0 Å². The van der Waals surface area contributed by atoms with Crippen molar-refractivity contribution in [2.24, 2.45) is 5.41 Å². The van der Waals surface area contributed by atoms with Gasteiger partial charge in [-0.3, -0.25) is 4.79 Å². The molecule has 6 heteroatoms. The smallest absolute Gasteiger partial charge is 0.229 e.